The van der Waals surface area contributed by atoms with Crippen molar-refractivity contribution in [3.8, 4) is 5.75 Å². The Hall–Kier alpha value is -2.08. The molecule has 23 heavy (non-hydrogen) atoms. The molecule has 0 radical (unpaired) electrons. The van der Waals surface area contributed by atoms with Gasteiger partial charge in [-0.15, -0.1) is 0 Å². The molecule has 0 saturated heterocycles. The summed E-state index contributed by atoms with van der Waals surface area (Å²) in [6, 6.07) is 4.99. The third-order valence-corrected chi connectivity index (χ3v) is 3.25. The van der Waals surface area contributed by atoms with Gasteiger partial charge in [-0.05, 0) is 49.9 Å². The fourth-order valence-electron chi connectivity index (χ4n) is 1.80. The van der Waals surface area contributed by atoms with E-state index in [9.17, 15) is 9.59 Å². The van der Waals surface area contributed by atoms with Crippen LogP contribution >= 0.6 is 0 Å². The van der Waals surface area contributed by atoms with E-state index < -0.39 is 18.7 Å². The lowest BCUT2D eigenvalue weighted by Crippen LogP contribution is -2.28. The van der Waals surface area contributed by atoms with Gasteiger partial charge in [0.05, 0.1) is 0 Å². The Morgan fingerprint density at radius 1 is 1.26 bits per heavy atom. The van der Waals surface area contributed by atoms with Crippen LogP contribution in [0.5, 0.6) is 5.75 Å². The monoisotopic (exact) mass is 323 g/mol. The lowest BCUT2D eigenvalue weighted by Gasteiger charge is -2.16. The molecule has 1 rings (SSSR count). The van der Waals surface area contributed by atoms with E-state index in [0.29, 0.717) is 24.0 Å². The van der Waals surface area contributed by atoms with Gasteiger partial charge in [0.15, 0.2) is 6.61 Å². The van der Waals surface area contributed by atoms with Gasteiger partial charge in [0.25, 0.3) is 5.91 Å². The highest BCUT2D eigenvalue weighted by atomic mass is 16.5. The van der Waals surface area contributed by atoms with Crippen molar-refractivity contribution in [1.29, 1.82) is 0 Å². The molecule has 6 nitrogen and oxygen atoms in total. The van der Waals surface area contributed by atoms with Gasteiger partial charge >= 0.3 is 5.97 Å². The summed E-state index contributed by atoms with van der Waals surface area (Å²) in [5.41, 5.74) is 1.44. The van der Waals surface area contributed by atoms with Gasteiger partial charge in [-0.3, -0.25) is 4.79 Å². The number of nitrogens with one attached hydrogen (secondary N) is 1. The van der Waals surface area contributed by atoms with Crippen LogP contribution in [0.3, 0.4) is 0 Å². The smallest absolute Gasteiger partial charge is 0.341 e. The van der Waals surface area contributed by atoms with Crippen molar-refractivity contribution in [1.82, 2.24) is 0 Å². The van der Waals surface area contributed by atoms with E-state index in [1.54, 1.807) is 25.1 Å². The van der Waals surface area contributed by atoms with Crippen LogP contribution < -0.4 is 10.1 Å². The predicted octanol–water partition coefficient (Wildman–Crippen LogP) is 2.85. The van der Waals surface area contributed by atoms with E-state index in [1.165, 1.54) is 0 Å². The molecule has 1 atom stereocenters. The van der Waals surface area contributed by atoms with Crippen LogP contribution in [-0.2, 0) is 14.3 Å². The molecule has 0 heterocycles. The van der Waals surface area contributed by atoms with Crippen LogP contribution in [0.25, 0.3) is 0 Å². The highest BCUT2D eigenvalue weighted by Crippen LogP contribution is 2.21. The second-order valence-electron chi connectivity index (χ2n) is 5.84. The van der Waals surface area contributed by atoms with Gasteiger partial charge in [-0.25, -0.2) is 4.79 Å². The molecule has 6 heteroatoms. The Balaban J connectivity index is 2.55. The minimum Gasteiger partial charge on any atom is -0.482 e. The molecule has 0 spiro atoms. The Bertz CT molecular complexity index is 542. The number of benzene rings is 1. The number of hydrogen-bond donors (Lipinski definition) is 2. The summed E-state index contributed by atoms with van der Waals surface area (Å²) in [5, 5.41) is 11.4. The van der Waals surface area contributed by atoms with Crippen LogP contribution in [-0.4, -0.2) is 36.3 Å². The second kappa shape index (κ2) is 9.15. The largest absolute Gasteiger partial charge is 0.482 e. The van der Waals surface area contributed by atoms with Crippen molar-refractivity contribution in [2.24, 2.45) is 5.92 Å². The van der Waals surface area contributed by atoms with E-state index in [4.69, 9.17) is 14.6 Å². The minimum absolute atomic E-state index is 0.212. The molecule has 1 unspecified atom stereocenters. The number of carboxylic acids is 1. The quantitative estimate of drug-likeness (QED) is 0.730. The van der Waals surface area contributed by atoms with Crippen LogP contribution in [0, 0.1) is 12.8 Å². The first-order valence-corrected chi connectivity index (χ1v) is 7.67. The standard InChI is InChI=1S/C17H25NO5/c1-11(2)7-8-22-13(4)17(21)18-15-6-5-14(9-12(15)3)23-10-16(19)20/h5-6,9,11,13H,7-8,10H2,1-4H3,(H,18,21)(H,19,20). The fraction of sp³-hybridized carbons (Fsp3) is 0.529. The van der Waals surface area contributed by atoms with Crippen molar-refractivity contribution < 1.29 is 24.2 Å². The minimum atomic E-state index is -1.03. The highest BCUT2D eigenvalue weighted by molar-refractivity contribution is 5.94. The zero-order chi connectivity index (χ0) is 17.4. The maximum absolute atomic E-state index is 12.1. The van der Waals surface area contributed by atoms with Crippen LogP contribution in [0.1, 0.15) is 32.8 Å². The maximum Gasteiger partial charge on any atom is 0.341 e. The highest BCUT2D eigenvalue weighted by Gasteiger charge is 2.15. The van der Waals surface area contributed by atoms with Crippen molar-refractivity contribution in [3.05, 3.63) is 23.8 Å². The normalized spacial score (nSPS) is 12.0. The molecule has 0 aliphatic heterocycles. The van der Waals surface area contributed by atoms with Crippen molar-refractivity contribution in [2.75, 3.05) is 18.5 Å². The first-order chi connectivity index (χ1) is 10.8. The fourth-order valence-corrected chi connectivity index (χ4v) is 1.80. The molecule has 1 amide bonds. The Morgan fingerprint density at radius 3 is 2.52 bits per heavy atom. The second-order valence-corrected chi connectivity index (χ2v) is 5.84. The molecule has 1 aromatic carbocycles. The molecular formula is C17H25NO5. The van der Waals surface area contributed by atoms with Gasteiger partial charge in [-0.1, -0.05) is 13.8 Å². The summed E-state index contributed by atoms with van der Waals surface area (Å²) in [5.74, 6) is -0.265. The molecule has 2 N–H and O–H groups in total. The van der Waals surface area contributed by atoms with E-state index in [2.05, 4.69) is 19.2 Å². The number of ether oxygens (including phenoxy) is 2. The summed E-state index contributed by atoms with van der Waals surface area (Å²) < 4.78 is 10.6. The molecule has 0 fully saturated rings. The summed E-state index contributed by atoms with van der Waals surface area (Å²) in [4.78, 5) is 22.6. The number of aryl methyl sites for hydroxylation is 1. The molecule has 0 aliphatic rings. The third kappa shape index (κ3) is 7.15. The first-order valence-electron chi connectivity index (χ1n) is 7.67. The molecule has 0 aromatic heterocycles. The number of hydrogen-bond acceptors (Lipinski definition) is 4. The summed E-state index contributed by atoms with van der Waals surface area (Å²) in [6.45, 7) is 7.89. The summed E-state index contributed by atoms with van der Waals surface area (Å²) in [7, 11) is 0. The molecule has 0 saturated carbocycles. The molecular weight excluding hydrogens is 298 g/mol. The maximum atomic E-state index is 12.1. The molecule has 0 bridgehead atoms. The van der Waals surface area contributed by atoms with Crippen molar-refractivity contribution in [2.45, 2.75) is 40.2 Å². The zero-order valence-electron chi connectivity index (χ0n) is 14.1. The van der Waals surface area contributed by atoms with Crippen molar-refractivity contribution in [3.63, 3.8) is 0 Å². The average Bonchev–Trinajstić information content (AvgIpc) is 2.46. The van der Waals surface area contributed by atoms with Crippen LogP contribution in [0.2, 0.25) is 0 Å². The molecule has 128 valence electrons. The Morgan fingerprint density at radius 2 is 1.96 bits per heavy atom. The Labute approximate surface area is 136 Å². The molecule has 0 aliphatic carbocycles. The molecule has 1 aromatic rings. The SMILES string of the molecule is Cc1cc(OCC(=O)O)ccc1NC(=O)C(C)OCCC(C)C. The van der Waals surface area contributed by atoms with E-state index in [1.807, 2.05) is 6.92 Å². The average molecular weight is 323 g/mol. The van der Waals surface area contributed by atoms with E-state index >= 15 is 0 Å². The van der Waals surface area contributed by atoms with Gasteiger partial charge in [0.2, 0.25) is 0 Å². The Kier molecular flexibility index (Phi) is 7.54. The summed E-state index contributed by atoms with van der Waals surface area (Å²) in [6.07, 6.45) is 0.378. The lowest BCUT2D eigenvalue weighted by molar-refractivity contribution is -0.139. The zero-order valence-corrected chi connectivity index (χ0v) is 14.1. The number of aliphatic carboxylic acids is 1. The first kappa shape index (κ1) is 19.0. The van der Waals surface area contributed by atoms with Gasteiger partial charge in [0, 0.05) is 12.3 Å². The van der Waals surface area contributed by atoms with Crippen LogP contribution in [0.4, 0.5) is 5.69 Å². The topological polar surface area (TPSA) is 84.9 Å². The van der Waals surface area contributed by atoms with Gasteiger partial charge in [0.1, 0.15) is 11.9 Å². The van der Waals surface area contributed by atoms with E-state index in [-0.39, 0.29) is 5.91 Å². The van der Waals surface area contributed by atoms with Crippen LogP contribution in [0.15, 0.2) is 18.2 Å². The number of anilines is 1. The number of carbonyl (C=O) groups excluding carboxylic acids is 1. The lowest BCUT2D eigenvalue weighted by atomic mass is 10.1. The number of carbonyl (C=O) groups is 2. The van der Waals surface area contributed by atoms with Crippen molar-refractivity contribution >= 4 is 17.6 Å². The summed E-state index contributed by atoms with van der Waals surface area (Å²) >= 11 is 0. The van der Waals surface area contributed by atoms with Gasteiger partial charge < -0.3 is 19.9 Å². The third-order valence-electron chi connectivity index (χ3n) is 3.25. The number of rotatable bonds is 9. The van der Waals surface area contributed by atoms with E-state index in [0.717, 1.165) is 12.0 Å². The number of amides is 1. The number of carboxylic acid groups (broad SMARTS) is 1. The predicted molar refractivity (Wildman–Crippen MR) is 87.8 cm³/mol. The van der Waals surface area contributed by atoms with Gasteiger partial charge in [-0.2, -0.15) is 0 Å².